The van der Waals surface area contributed by atoms with Gasteiger partial charge in [-0.3, -0.25) is 9.36 Å². The fourth-order valence-electron chi connectivity index (χ4n) is 1.63. The van der Waals surface area contributed by atoms with Gasteiger partial charge in [-0.05, 0) is 12.1 Å². The van der Waals surface area contributed by atoms with Crippen LogP contribution in [0.25, 0.3) is 10.9 Å². The van der Waals surface area contributed by atoms with Crippen molar-refractivity contribution in [1.82, 2.24) is 14.9 Å². The minimum atomic E-state index is -0.0156. The van der Waals surface area contributed by atoms with Crippen LogP contribution in [0.3, 0.4) is 0 Å². The second-order valence-corrected chi connectivity index (χ2v) is 3.64. The summed E-state index contributed by atoms with van der Waals surface area (Å²) in [6.07, 6.45) is 6.69. The van der Waals surface area contributed by atoms with Gasteiger partial charge in [-0.1, -0.05) is 18.1 Å². The Balaban J connectivity index is 2.22. The number of fused-ring (bicyclic) bond motifs is 1. The molecule has 0 aliphatic carbocycles. The standard InChI is InChI=1S/C13H13N3O/c1-2-7-14-8-9-16-10-15-12-6-4-3-5-11(12)13(16)17/h1,3-6,10,14H,7-9H2. The zero-order valence-electron chi connectivity index (χ0n) is 9.39. The third kappa shape index (κ3) is 2.52. The largest absolute Gasteiger partial charge is 0.304 e. The first-order valence-corrected chi connectivity index (χ1v) is 5.41. The molecule has 86 valence electrons. The predicted molar refractivity (Wildman–Crippen MR) is 67.7 cm³/mol. The molecule has 1 heterocycles. The van der Waals surface area contributed by atoms with Gasteiger partial charge in [0, 0.05) is 13.1 Å². The Morgan fingerprint density at radius 2 is 2.24 bits per heavy atom. The molecule has 1 N–H and O–H groups in total. The molecule has 0 bridgehead atoms. The van der Waals surface area contributed by atoms with Gasteiger partial charge in [0.2, 0.25) is 0 Å². The van der Waals surface area contributed by atoms with E-state index >= 15 is 0 Å². The van der Waals surface area contributed by atoms with Crippen LogP contribution in [-0.4, -0.2) is 22.6 Å². The molecule has 2 rings (SSSR count). The summed E-state index contributed by atoms with van der Waals surface area (Å²) in [5.74, 6) is 2.48. The van der Waals surface area contributed by atoms with E-state index in [1.54, 1.807) is 17.0 Å². The van der Waals surface area contributed by atoms with Gasteiger partial charge in [-0.25, -0.2) is 4.98 Å². The van der Waals surface area contributed by atoms with Crippen molar-refractivity contribution in [2.24, 2.45) is 0 Å². The summed E-state index contributed by atoms with van der Waals surface area (Å²) in [6, 6.07) is 7.33. The predicted octanol–water partition coefficient (Wildman–Crippen LogP) is 0.619. The normalized spacial score (nSPS) is 10.3. The smallest absolute Gasteiger partial charge is 0.261 e. The monoisotopic (exact) mass is 227 g/mol. The SMILES string of the molecule is C#CCNCCn1cnc2ccccc2c1=O. The number of nitrogens with one attached hydrogen (secondary N) is 1. The van der Waals surface area contributed by atoms with Gasteiger partial charge in [0.25, 0.3) is 5.56 Å². The van der Waals surface area contributed by atoms with E-state index in [1.165, 1.54) is 0 Å². The maximum atomic E-state index is 12.0. The fourth-order valence-corrected chi connectivity index (χ4v) is 1.63. The molecule has 1 aromatic carbocycles. The zero-order chi connectivity index (χ0) is 12.1. The Kier molecular flexibility index (Phi) is 3.53. The van der Waals surface area contributed by atoms with Gasteiger partial charge >= 0.3 is 0 Å². The second kappa shape index (κ2) is 5.28. The van der Waals surface area contributed by atoms with Gasteiger partial charge < -0.3 is 5.32 Å². The summed E-state index contributed by atoms with van der Waals surface area (Å²) >= 11 is 0. The minimum Gasteiger partial charge on any atom is -0.304 e. The Morgan fingerprint density at radius 3 is 3.06 bits per heavy atom. The number of benzene rings is 1. The highest BCUT2D eigenvalue weighted by Crippen LogP contribution is 2.04. The van der Waals surface area contributed by atoms with Crippen LogP contribution in [0.15, 0.2) is 35.4 Å². The molecule has 0 fully saturated rings. The maximum Gasteiger partial charge on any atom is 0.261 e. The average Bonchev–Trinajstić information content (AvgIpc) is 2.37. The van der Waals surface area contributed by atoms with Crippen molar-refractivity contribution >= 4 is 10.9 Å². The first kappa shape index (κ1) is 11.4. The number of hydrogen-bond donors (Lipinski definition) is 1. The molecule has 2 aromatic rings. The lowest BCUT2D eigenvalue weighted by molar-refractivity contribution is 0.608. The highest BCUT2D eigenvalue weighted by molar-refractivity contribution is 5.76. The quantitative estimate of drug-likeness (QED) is 0.615. The van der Waals surface area contributed by atoms with Crippen LogP contribution in [0.4, 0.5) is 0 Å². The van der Waals surface area contributed by atoms with Crippen LogP contribution in [0, 0.1) is 12.3 Å². The van der Waals surface area contributed by atoms with E-state index in [0.29, 0.717) is 25.0 Å². The number of hydrogen-bond acceptors (Lipinski definition) is 3. The Bertz CT molecular complexity index is 610. The molecule has 0 radical (unpaired) electrons. The van der Waals surface area contributed by atoms with Crippen molar-refractivity contribution in [3.05, 3.63) is 40.9 Å². The van der Waals surface area contributed by atoms with Gasteiger partial charge in [-0.2, -0.15) is 0 Å². The number of rotatable bonds is 4. The summed E-state index contributed by atoms with van der Waals surface area (Å²) in [6.45, 7) is 1.73. The highest BCUT2D eigenvalue weighted by Gasteiger charge is 2.02. The second-order valence-electron chi connectivity index (χ2n) is 3.64. The van der Waals surface area contributed by atoms with Crippen LogP contribution in [0.1, 0.15) is 0 Å². The van der Waals surface area contributed by atoms with E-state index in [0.717, 1.165) is 5.52 Å². The van der Waals surface area contributed by atoms with E-state index < -0.39 is 0 Å². The molecule has 0 saturated heterocycles. The lowest BCUT2D eigenvalue weighted by atomic mass is 10.2. The van der Waals surface area contributed by atoms with Crippen LogP contribution in [-0.2, 0) is 6.54 Å². The van der Waals surface area contributed by atoms with Crippen molar-refractivity contribution in [3.8, 4) is 12.3 Å². The molecule has 0 atom stereocenters. The third-order valence-electron chi connectivity index (χ3n) is 2.49. The van der Waals surface area contributed by atoms with E-state index in [4.69, 9.17) is 6.42 Å². The first-order valence-electron chi connectivity index (χ1n) is 5.41. The molecule has 0 aliphatic heterocycles. The number of terminal acetylenes is 1. The highest BCUT2D eigenvalue weighted by atomic mass is 16.1. The minimum absolute atomic E-state index is 0.0156. The van der Waals surface area contributed by atoms with E-state index in [9.17, 15) is 4.79 Å². The molecular formula is C13H13N3O. The molecule has 4 heteroatoms. The molecule has 1 aromatic heterocycles. The topological polar surface area (TPSA) is 46.9 Å². The number of aromatic nitrogens is 2. The van der Waals surface area contributed by atoms with Crippen molar-refractivity contribution in [2.75, 3.05) is 13.1 Å². The Labute approximate surface area is 99.3 Å². The van der Waals surface area contributed by atoms with Gasteiger partial charge in [0.05, 0.1) is 23.8 Å². The molecule has 17 heavy (non-hydrogen) atoms. The van der Waals surface area contributed by atoms with Crippen molar-refractivity contribution in [3.63, 3.8) is 0 Å². The Hall–Kier alpha value is -2.12. The van der Waals surface area contributed by atoms with Crippen LogP contribution in [0.2, 0.25) is 0 Å². The Morgan fingerprint density at radius 1 is 1.41 bits per heavy atom. The fraction of sp³-hybridized carbons (Fsp3) is 0.231. The van der Waals surface area contributed by atoms with Crippen LogP contribution >= 0.6 is 0 Å². The third-order valence-corrected chi connectivity index (χ3v) is 2.49. The average molecular weight is 227 g/mol. The van der Waals surface area contributed by atoms with E-state index in [1.807, 2.05) is 18.2 Å². The lowest BCUT2D eigenvalue weighted by Gasteiger charge is -2.06. The van der Waals surface area contributed by atoms with Crippen molar-refractivity contribution in [2.45, 2.75) is 6.54 Å². The molecular weight excluding hydrogens is 214 g/mol. The summed E-state index contributed by atoms with van der Waals surface area (Å²) in [4.78, 5) is 16.3. The molecule has 0 saturated carbocycles. The van der Waals surface area contributed by atoms with Gasteiger partial charge in [0.1, 0.15) is 0 Å². The molecule has 0 aliphatic rings. The lowest BCUT2D eigenvalue weighted by Crippen LogP contribution is -2.27. The molecule has 0 unspecified atom stereocenters. The van der Waals surface area contributed by atoms with Crippen molar-refractivity contribution < 1.29 is 0 Å². The van der Waals surface area contributed by atoms with E-state index in [2.05, 4.69) is 16.2 Å². The van der Waals surface area contributed by atoms with Gasteiger partial charge in [-0.15, -0.1) is 6.42 Å². The number of para-hydroxylation sites is 1. The molecule has 4 nitrogen and oxygen atoms in total. The first-order chi connectivity index (χ1) is 8.33. The summed E-state index contributed by atoms with van der Waals surface area (Å²) in [5.41, 5.74) is 0.712. The molecule has 0 amide bonds. The van der Waals surface area contributed by atoms with Crippen LogP contribution in [0.5, 0.6) is 0 Å². The van der Waals surface area contributed by atoms with E-state index in [-0.39, 0.29) is 5.56 Å². The van der Waals surface area contributed by atoms with Crippen molar-refractivity contribution in [1.29, 1.82) is 0 Å². The van der Waals surface area contributed by atoms with Gasteiger partial charge in [0.15, 0.2) is 0 Å². The maximum absolute atomic E-state index is 12.0. The summed E-state index contributed by atoms with van der Waals surface area (Å²) in [7, 11) is 0. The van der Waals surface area contributed by atoms with Crippen LogP contribution < -0.4 is 10.9 Å². The summed E-state index contributed by atoms with van der Waals surface area (Å²) in [5, 5.41) is 3.68. The summed E-state index contributed by atoms with van der Waals surface area (Å²) < 4.78 is 1.59. The molecule has 0 spiro atoms. The zero-order valence-corrected chi connectivity index (χ0v) is 9.39. The number of nitrogens with zero attached hydrogens (tertiary/aromatic N) is 2.